The Kier molecular flexibility index (Phi) is 3.18. The topological polar surface area (TPSA) is 60.6 Å². The number of nitrogens with zero attached hydrogens (tertiary/aromatic N) is 5. The lowest BCUT2D eigenvalue weighted by atomic mass is 9.92. The molecule has 3 heterocycles. The van der Waals surface area contributed by atoms with Crippen LogP contribution in [0, 0.1) is 0 Å². The van der Waals surface area contributed by atoms with Gasteiger partial charge in [0.1, 0.15) is 0 Å². The molecule has 22 heavy (non-hydrogen) atoms. The lowest BCUT2D eigenvalue weighted by molar-refractivity contribution is 0.450. The Morgan fingerprint density at radius 3 is 2.77 bits per heavy atom. The molecular formula is C16H20N6. The number of aromatic nitrogens is 5. The molecule has 0 saturated carbocycles. The molecule has 3 aromatic rings. The van der Waals surface area contributed by atoms with Crippen molar-refractivity contribution >= 4 is 10.9 Å². The molecule has 0 radical (unpaired) electrons. The summed E-state index contributed by atoms with van der Waals surface area (Å²) in [7, 11) is 4.01. The predicted octanol–water partition coefficient (Wildman–Crippen LogP) is 1.17. The second-order valence-electron chi connectivity index (χ2n) is 6.12. The Bertz CT molecular complexity index is 811. The zero-order valence-corrected chi connectivity index (χ0v) is 13.0. The van der Waals surface area contributed by atoms with Gasteiger partial charge in [0.05, 0.1) is 0 Å². The van der Waals surface area contributed by atoms with Crippen molar-refractivity contribution in [2.45, 2.75) is 18.8 Å². The summed E-state index contributed by atoms with van der Waals surface area (Å²) in [5, 5.41) is 16.4. The van der Waals surface area contributed by atoms with E-state index in [2.05, 4.69) is 56.9 Å². The molecule has 1 N–H and O–H groups in total. The highest BCUT2D eigenvalue weighted by Crippen LogP contribution is 2.30. The number of nitrogens with one attached hydrogen (secondary N) is 1. The fourth-order valence-electron chi connectivity index (χ4n) is 3.18. The first kappa shape index (κ1) is 13.5. The van der Waals surface area contributed by atoms with E-state index in [0.29, 0.717) is 5.92 Å². The summed E-state index contributed by atoms with van der Waals surface area (Å²) in [6.07, 6.45) is 4.11. The van der Waals surface area contributed by atoms with Gasteiger partial charge in [0.15, 0.2) is 5.82 Å². The molecular weight excluding hydrogens is 276 g/mol. The quantitative estimate of drug-likeness (QED) is 0.785. The van der Waals surface area contributed by atoms with Crippen LogP contribution in [0.5, 0.6) is 0 Å². The van der Waals surface area contributed by atoms with Crippen molar-refractivity contribution in [3.05, 3.63) is 41.3 Å². The van der Waals surface area contributed by atoms with Crippen LogP contribution >= 0.6 is 0 Å². The van der Waals surface area contributed by atoms with Crippen molar-refractivity contribution in [1.82, 2.24) is 30.1 Å². The Balaban J connectivity index is 1.63. The van der Waals surface area contributed by atoms with Crippen LogP contribution in [-0.4, -0.2) is 37.9 Å². The van der Waals surface area contributed by atoms with Crippen LogP contribution in [0.15, 0.2) is 24.4 Å². The van der Waals surface area contributed by atoms with Crippen molar-refractivity contribution in [3.8, 4) is 0 Å². The molecule has 6 nitrogen and oxygen atoms in total. The van der Waals surface area contributed by atoms with Gasteiger partial charge in [-0.25, -0.2) is 4.68 Å². The van der Waals surface area contributed by atoms with Crippen molar-refractivity contribution < 1.29 is 0 Å². The molecule has 0 spiro atoms. The average molecular weight is 296 g/mol. The van der Waals surface area contributed by atoms with Crippen molar-refractivity contribution in [1.29, 1.82) is 0 Å². The number of tetrazole rings is 1. The van der Waals surface area contributed by atoms with Gasteiger partial charge < -0.3 is 9.88 Å². The van der Waals surface area contributed by atoms with Gasteiger partial charge in [-0.2, -0.15) is 0 Å². The smallest absolute Gasteiger partial charge is 0.151 e. The zero-order chi connectivity index (χ0) is 15.1. The summed E-state index contributed by atoms with van der Waals surface area (Å²) < 4.78 is 3.98. The van der Waals surface area contributed by atoms with Gasteiger partial charge >= 0.3 is 0 Å². The molecule has 1 fully saturated rings. The number of rotatable bonds is 4. The number of hydrogen-bond acceptors (Lipinski definition) is 4. The minimum Gasteiger partial charge on any atom is -0.350 e. The minimum atomic E-state index is 0.655. The van der Waals surface area contributed by atoms with Gasteiger partial charge in [-0.15, -0.1) is 5.10 Å². The van der Waals surface area contributed by atoms with Crippen molar-refractivity contribution in [2.24, 2.45) is 14.1 Å². The molecule has 0 atom stereocenters. The summed E-state index contributed by atoms with van der Waals surface area (Å²) in [4.78, 5) is 0. The maximum absolute atomic E-state index is 4.05. The van der Waals surface area contributed by atoms with Gasteiger partial charge in [0.25, 0.3) is 0 Å². The fourth-order valence-corrected chi connectivity index (χ4v) is 3.18. The second kappa shape index (κ2) is 5.21. The molecule has 1 aliphatic rings. The number of hydrogen-bond donors (Lipinski definition) is 1. The first-order valence-corrected chi connectivity index (χ1v) is 7.72. The van der Waals surface area contributed by atoms with E-state index >= 15 is 0 Å². The van der Waals surface area contributed by atoms with Crippen LogP contribution in [-0.2, 0) is 26.9 Å². The average Bonchev–Trinajstić information content (AvgIpc) is 3.00. The molecule has 0 unspecified atom stereocenters. The predicted molar refractivity (Wildman–Crippen MR) is 84.7 cm³/mol. The molecule has 0 amide bonds. The highest BCUT2D eigenvalue weighted by molar-refractivity contribution is 5.85. The Morgan fingerprint density at radius 1 is 1.23 bits per heavy atom. The van der Waals surface area contributed by atoms with E-state index in [1.165, 1.54) is 22.0 Å². The lowest BCUT2D eigenvalue weighted by Crippen LogP contribution is -2.39. The van der Waals surface area contributed by atoms with Crippen LogP contribution in [0.25, 0.3) is 10.9 Å². The Labute approximate surface area is 129 Å². The zero-order valence-electron chi connectivity index (χ0n) is 13.0. The van der Waals surface area contributed by atoms with E-state index in [9.17, 15) is 0 Å². The van der Waals surface area contributed by atoms with Crippen molar-refractivity contribution in [3.63, 3.8) is 0 Å². The molecule has 114 valence electrons. The van der Waals surface area contributed by atoms with E-state index in [4.69, 9.17) is 0 Å². The number of benzene rings is 1. The maximum atomic E-state index is 4.05. The van der Waals surface area contributed by atoms with Gasteiger partial charge in [0, 0.05) is 56.6 Å². The third-order valence-corrected chi connectivity index (χ3v) is 4.65. The van der Waals surface area contributed by atoms with Gasteiger partial charge in [-0.05, 0) is 40.1 Å². The molecule has 1 saturated heterocycles. The summed E-state index contributed by atoms with van der Waals surface area (Å²) in [6, 6.07) is 6.79. The highest BCUT2D eigenvalue weighted by Gasteiger charge is 2.22. The highest BCUT2D eigenvalue weighted by atomic mass is 15.5. The SMILES string of the molecule is Cn1nnnc1CCc1ccc2c(c1)c(C1CNC1)cn2C. The lowest BCUT2D eigenvalue weighted by Gasteiger charge is -2.26. The van der Waals surface area contributed by atoms with E-state index in [-0.39, 0.29) is 0 Å². The van der Waals surface area contributed by atoms with E-state index in [1.807, 2.05) is 7.05 Å². The first-order chi connectivity index (χ1) is 10.7. The van der Waals surface area contributed by atoms with Crippen LogP contribution in [0.4, 0.5) is 0 Å². The minimum absolute atomic E-state index is 0.655. The summed E-state index contributed by atoms with van der Waals surface area (Å²) in [5.74, 6) is 1.58. The van der Waals surface area contributed by atoms with Gasteiger partial charge in [-0.3, -0.25) is 0 Å². The second-order valence-corrected chi connectivity index (χ2v) is 6.12. The maximum Gasteiger partial charge on any atom is 0.151 e. The van der Waals surface area contributed by atoms with Gasteiger partial charge in [0.2, 0.25) is 0 Å². The fraction of sp³-hybridized carbons (Fsp3) is 0.438. The molecule has 0 bridgehead atoms. The van der Waals surface area contributed by atoms with E-state index in [0.717, 1.165) is 31.8 Å². The molecule has 4 rings (SSSR count). The van der Waals surface area contributed by atoms with Crippen molar-refractivity contribution in [2.75, 3.05) is 13.1 Å². The standard InChI is InChI=1S/C16H20N6/c1-21-10-14(12-8-17-9-12)13-7-11(3-5-15(13)21)4-6-16-18-19-20-22(16)2/h3,5,7,10,12,17H,4,6,8-9H2,1-2H3. The van der Waals surface area contributed by atoms with Gasteiger partial charge in [-0.1, -0.05) is 6.07 Å². The largest absolute Gasteiger partial charge is 0.350 e. The third-order valence-electron chi connectivity index (χ3n) is 4.65. The van der Waals surface area contributed by atoms with Crippen LogP contribution < -0.4 is 5.32 Å². The van der Waals surface area contributed by atoms with Crippen LogP contribution in [0.3, 0.4) is 0 Å². The molecule has 6 heteroatoms. The third kappa shape index (κ3) is 2.20. The molecule has 1 aliphatic heterocycles. The van der Waals surface area contributed by atoms with E-state index in [1.54, 1.807) is 4.68 Å². The van der Waals surface area contributed by atoms with Crippen LogP contribution in [0.1, 0.15) is 22.9 Å². The molecule has 1 aromatic carbocycles. The monoisotopic (exact) mass is 296 g/mol. The summed E-state index contributed by atoms with van der Waals surface area (Å²) >= 11 is 0. The van der Waals surface area contributed by atoms with E-state index < -0.39 is 0 Å². The first-order valence-electron chi connectivity index (χ1n) is 7.72. The summed E-state index contributed by atoms with van der Waals surface area (Å²) in [6.45, 7) is 2.18. The molecule has 2 aromatic heterocycles. The Morgan fingerprint density at radius 2 is 2.09 bits per heavy atom. The number of fused-ring (bicyclic) bond motifs is 1. The molecule has 0 aliphatic carbocycles. The Hall–Kier alpha value is -2.21. The normalized spacial score (nSPS) is 15.4. The number of aryl methyl sites for hydroxylation is 4. The van der Waals surface area contributed by atoms with Crippen LogP contribution in [0.2, 0.25) is 0 Å². The summed E-state index contributed by atoms with van der Waals surface area (Å²) in [5.41, 5.74) is 4.12.